The lowest BCUT2D eigenvalue weighted by atomic mass is 10.0. The fourth-order valence-corrected chi connectivity index (χ4v) is 4.98. The molecule has 2 N–H and O–H groups in total. The molecule has 2 aromatic rings. The largest absolute Gasteiger partial charge is 0.340 e. The van der Waals surface area contributed by atoms with Crippen molar-refractivity contribution in [1.29, 1.82) is 0 Å². The van der Waals surface area contributed by atoms with E-state index in [0.717, 1.165) is 37.1 Å². The van der Waals surface area contributed by atoms with Crippen molar-refractivity contribution in [2.75, 3.05) is 26.2 Å². The number of nitrogens with one attached hydrogen (secondary N) is 2. The first-order valence-electron chi connectivity index (χ1n) is 10.3. The van der Waals surface area contributed by atoms with Crippen LogP contribution in [-0.2, 0) is 16.1 Å². The molecule has 4 heterocycles. The molecule has 8 heteroatoms. The predicted octanol–water partition coefficient (Wildman–Crippen LogP) is 0.761. The molecule has 5 atom stereocenters. The summed E-state index contributed by atoms with van der Waals surface area (Å²) >= 11 is 0. The van der Waals surface area contributed by atoms with E-state index in [1.807, 2.05) is 39.9 Å². The molecule has 0 bridgehead atoms. The van der Waals surface area contributed by atoms with Crippen LogP contribution in [0.4, 0.5) is 4.39 Å². The van der Waals surface area contributed by atoms with Gasteiger partial charge in [-0.1, -0.05) is 18.2 Å². The second-order valence-corrected chi connectivity index (χ2v) is 8.54. The molecule has 5 unspecified atom stereocenters. The fourth-order valence-electron chi connectivity index (χ4n) is 4.98. The Morgan fingerprint density at radius 3 is 2.59 bits per heavy atom. The third kappa shape index (κ3) is 3.30. The molecule has 3 fully saturated rings. The lowest BCUT2D eigenvalue weighted by molar-refractivity contribution is -0.133. The van der Waals surface area contributed by atoms with E-state index in [4.69, 9.17) is 0 Å². The number of alkyl halides is 1. The van der Waals surface area contributed by atoms with Gasteiger partial charge in [0.25, 0.3) is 5.91 Å². The first-order valence-corrected chi connectivity index (χ1v) is 10.3. The van der Waals surface area contributed by atoms with Crippen molar-refractivity contribution >= 4 is 22.7 Å². The third-order valence-electron chi connectivity index (χ3n) is 6.61. The normalized spacial score (nSPS) is 32.6. The molecule has 0 saturated carbocycles. The molecular formula is C21H26FN5O2. The van der Waals surface area contributed by atoms with Crippen LogP contribution in [0.1, 0.15) is 6.92 Å². The summed E-state index contributed by atoms with van der Waals surface area (Å²) in [5, 5.41) is 7.01. The zero-order valence-electron chi connectivity index (χ0n) is 16.4. The van der Waals surface area contributed by atoms with Gasteiger partial charge in [-0.15, -0.1) is 0 Å². The monoisotopic (exact) mass is 399 g/mol. The smallest absolute Gasteiger partial charge is 0.258 e. The summed E-state index contributed by atoms with van der Waals surface area (Å²) in [4.78, 5) is 28.8. The highest BCUT2D eigenvalue weighted by molar-refractivity contribution is 5.83. The maximum Gasteiger partial charge on any atom is 0.258 e. The fraction of sp³-hybridized carbons (Fsp3) is 0.524. The van der Waals surface area contributed by atoms with Crippen LogP contribution in [0, 0.1) is 11.8 Å². The molecule has 154 valence electrons. The summed E-state index contributed by atoms with van der Waals surface area (Å²) < 4.78 is 15.7. The summed E-state index contributed by atoms with van der Waals surface area (Å²) in [6.45, 7) is 5.11. The average Bonchev–Trinajstić information content (AvgIpc) is 3.39. The highest BCUT2D eigenvalue weighted by atomic mass is 19.1. The van der Waals surface area contributed by atoms with Gasteiger partial charge in [0.2, 0.25) is 5.91 Å². The molecule has 5 rings (SSSR count). The molecular weight excluding hydrogens is 373 g/mol. The van der Waals surface area contributed by atoms with Gasteiger partial charge in [-0.3, -0.25) is 19.8 Å². The number of hydrogen-bond acceptors (Lipinski definition) is 4. The van der Waals surface area contributed by atoms with Crippen LogP contribution in [0.25, 0.3) is 10.9 Å². The van der Waals surface area contributed by atoms with Crippen LogP contribution in [0.5, 0.6) is 0 Å². The molecule has 2 amide bonds. The highest BCUT2D eigenvalue weighted by Gasteiger charge is 2.45. The van der Waals surface area contributed by atoms with Crippen LogP contribution in [-0.4, -0.2) is 70.9 Å². The van der Waals surface area contributed by atoms with Crippen LogP contribution < -0.4 is 10.6 Å². The minimum atomic E-state index is -1.51. The second kappa shape index (κ2) is 7.11. The minimum absolute atomic E-state index is 0.144. The number of fused-ring (bicyclic) bond motifs is 2. The molecule has 0 spiro atoms. The van der Waals surface area contributed by atoms with Crippen molar-refractivity contribution in [3.63, 3.8) is 0 Å². The van der Waals surface area contributed by atoms with Gasteiger partial charge in [-0.05, 0) is 36.3 Å². The Hall–Kier alpha value is -2.45. The van der Waals surface area contributed by atoms with E-state index < -0.39 is 18.1 Å². The molecule has 3 aliphatic heterocycles. The number of likely N-dealkylation sites (tertiary alicyclic amines) is 2. The van der Waals surface area contributed by atoms with Gasteiger partial charge in [0.1, 0.15) is 12.8 Å². The van der Waals surface area contributed by atoms with Gasteiger partial charge in [0, 0.05) is 43.9 Å². The van der Waals surface area contributed by atoms with Crippen molar-refractivity contribution in [3.05, 3.63) is 36.5 Å². The van der Waals surface area contributed by atoms with Crippen molar-refractivity contribution in [1.82, 2.24) is 25.0 Å². The Morgan fingerprint density at radius 1 is 1.14 bits per heavy atom. The summed E-state index contributed by atoms with van der Waals surface area (Å²) in [5.74, 6) is 0.370. The number of amides is 2. The van der Waals surface area contributed by atoms with Crippen LogP contribution in [0.3, 0.4) is 0 Å². The van der Waals surface area contributed by atoms with Gasteiger partial charge in [0.15, 0.2) is 6.17 Å². The van der Waals surface area contributed by atoms with E-state index in [1.54, 1.807) is 6.92 Å². The number of halogens is 1. The number of carbonyl (C=O) groups is 2. The van der Waals surface area contributed by atoms with Crippen LogP contribution >= 0.6 is 0 Å². The number of carbonyl (C=O) groups excluding carboxylic acids is 2. The van der Waals surface area contributed by atoms with Crippen LogP contribution in [0.15, 0.2) is 36.5 Å². The number of rotatable bonds is 3. The van der Waals surface area contributed by atoms with Gasteiger partial charge >= 0.3 is 0 Å². The number of benzene rings is 1. The van der Waals surface area contributed by atoms with Gasteiger partial charge in [0.05, 0.1) is 0 Å². The van der Waals surface area contributed by atoms with Gasteiger partial charge in [-0.2, -0.15) is 0 Å². The topological polar surface area (TPSA) is 69.6 Å². The van der Waals surface area contributed by atoms with E-state index in [1.165, 1.54) is 0 Å². The maximum absolute atomic E-state index is 13.7. The summed E-state index contributed by atoms with van der Waals surface area (Å²) in [5.41, 5.74) is 1.07. The Bertz CT molecular complexity index is 932. The van der Waals surface area contributed by atoms with Crippen molar-refractivity contribution in [3.8, 4) is 0 Å². The second-order valence-electron chi connectivity index (χ2n) is 8.54. The van der Waals surface area contributed by atoms with E-state index in [9.17, 15) is 14.0 Å². The summed E-state index contributed by atoms with van der Waals surface area (Å²) in [6, 6.07) is 9.61. The number of nitrogens with zero attached hydrogens (tertiary/aromatic N) is 3. The lowest BCUT2D eigenvalue weighted by Crippen LogP contribution is -2.67. The van der Waals surface area contributed by atoms with Crippen molar-refractivity contribution < 1.29 is 14.0 Å². The molecule has 7 nitrogen and oxygen atoms in total. The Balaban J connectivity index is 1.19. The third-order valence-corrected chi connectivity index (χ3v) is 6.61. The molecule has 1 aromatic heterocycles. The zero-order valence-corrected chi connectivity index (χ0v) is 16.4. The molecule has 0 aliphatic carbocycles. The standard InChI is InChI=1S/C21H26FN5O2/c1-13-19(22)20(29)24-21(23-13)27-10-15-8-26(9-16(15)11-27)18(28)12-25-7-6-14-4-2-3-5-17(14)25/h2-7,13,15-16,19,21,23H,8-12H2,1H3,(H,24,29). The SMILES string of the molecule is CC1NC(N2CC3CN(C(=O)Cn4ccc5ccccc54)CC3C2)NC(=O)C1F. The summed E-state index contributed by atoms with van der Waals surface area (Å²) in [6.07, 6.45) is 0.134. The Labute approximate surface area is 168 Å². The number of para-hydroxylation sites is 1. The zero-order chi connectivity index (χ0) is 20.1. The van der Waals surface area contributed by atoms with E-state index in [-0.39, 0.29) is 12.2 Å². The van der Waals surface area contributed by atoms with Crippen molar-refractivity contribution in [2.24, 2.45) is 11.8 Å². The van der Waals surface area contributed by atoms with Crippen LogP contribution in [0.2, 0.25) is 0 Å². The average molecular weight is 399 g/mol. The van der Waals surface area contributed by atoms with Gasteiger partial charge < -0.3 is 14.8 Å². The highest BCUT2D eigenvalue weighted by Crippen LogP contribution is 2.32. The molecule has 3 saturated heterocycles. The van der Waals surface area contributed by atoms with Gasteiger partial charge in [-0.25, -0.2) is 4.39 Å². The number of aromatic nitrogens is 1. The van der Waals surface area contributed by atoms with E-state index in [0.29, 0.717) is 18.4 Å². The summed E-state index contributed by atoms with van der Waals surface area (Å²) in [7, 11) is 0. The minimum Gasteiger partial charge on any atom is -0.340 e. The molecule has 1 aromatic carbocycles. The Kier molecular flexibility index (Phi) is 4.55. The van der Waals surface area contributed by atoms with E-state index in [2.05, 4.69) is 21.6 Å². The maximum atomic E-state index is 13.7. The quantitative estimate of drug-likeness (QED) is 0.800. The molecule has 0 radical (unpaired) electrons. The first kappa shape index (κ1) is 18.6. The van der Waals surface area contributed by atoms with Crippen molar-refractivity contribution in [2.45, 2.75) is 32.0 Å². The Morgan fingerprint density at radius 2 is 1.86 bits per heavy atom. The van der Waals surface area contributed by atoms with E-state index >= 15 is 0 Å². The first-order chi connectivity index (χ1) is 14.0. The molecule has 3 aliphatic rings. The molecule has 29 heavy (non-hydrogen) atoms. The lowest BCUT2D eigenvalue weighted by Gasteiger charge is -2.37. The number of hydrogen-bond donors (Lipinski definition) is 2. The predicted molar refractivity (Wildman–Crippen MR) is 106 cm³/mol.